The first-order valence-corrected chi connectivity index (χ1v) is 27.2. The first kappa shape index (κ1) is 57.2. The van der Waals surface area contributed by atoms with E-state index in [2.05, 4.69) is 74.6 Å². The standard InChI is InChI=1S/C61H73N9O9/c1-10-61(8,37-60(6,7)27-29-62-50(72)36-79-48-16-12-14-44-51(48)57(77)70(56(44)76)47-25-26-49(71)66-54(47)74)28-30-68-31-33-69(34-32-68)55(75)40-19-23-42(24-20-40)63-52-58(78)67(9)35-46(64-52)43-13-11-15-45(38(43)2)65-53(73)39-17-21-41(22-18-39)59(3,4)5/h11-24,35,47H,10,25-34,36-37H2,1-9H3,(H,62,72)(H,63,64)(H,65,73)(H,66,71,74). The number of fused-ring (bicyclic) bond motifs is 1. The predicted molar refractivity (Wildman–Crippen MR) is 302 cm³/mol. The Kier molecular flexibility index (Phi) is 17.0. The highest BCUT2D eigenvalue weighted by Gasteiger charge is 2.46. The molecule has 3 aliphatic rings. The van der Waals surface area contributed by atoms with Crippen LogP contribution < -0.4 is 31.6 Å². The number of ether oxygens (including phenoxy) is 1. The van der Waals surface area contributed by atoms with Gasteiger partial charge in [0.15, 0.2) is 12.4 Å². The number of aromatic nitrogens is 2. The van der Waals surface area contributed by atoms with Crippen molar-refractivity contribution in [1.29, 1.82) is 0 Å². The first-order chi connectivity index (χ1) is 37.4. The number of benzene rings is 4. The maximum atomic E-state index is 13.7. The van der Waals surface area contributed by atoms with Crippen molar-refractivity contribution in [3.05, 3.63) is 135 Å². The van der Waals surface area contributed by atoms with E-state index in [1.165, 1.54) is 16.7 Å². The molecule has 416 valence electrons. The van der Waals surface area contributed by atoms with E-state index >= 15 is 0 Å². The van der Waals surface area contributed by atoms with Crippen LogP contribution in [0.15, 0.2) is 95.9 Å². The van der Waals surface area contributed by atoms with E-state index in [0.29, 0.717) is 47.8 Å². The van der Waals surface area contributed by atoms with Crippen LogP contribution in [0.3, 0.4) is 0 Å². The summed E-state index contributed by atoms with van der Waals surface area (Å²) in [7, 11) is 1.67. The molecule has 0 saturated carbocycles. The Balaban J connectivity index is 0.778. The molecule has 0 bridgehead atoms. The molecule has 18 heteroatoms. The Labute approximate surface area is 461 Å². The van der Waals surface area contributed by atoms with E-state index in [1.54, 1.807) is 43.6 Å². The number of carbonyl (C=O) groups is 7. The molecule has 2 unspecified atom stereocenters. The smallest absolute Gasteiger partial charge is 0.293 e. The lowest BCUT2D eigenvalue weighted by atomic mass is 9.69. The zero-order valence-electron chi connectivity index (χ0n) is 46.8. The van der Waals surface area contributed by atoms with Gasteiger partial charge in [-0.15, -0.1) is 0 Å². The van der Waals surface area contributed by atoms with Gasteiger partial charge in [-0.25, -0.2) is 4.98 Å². The zero-order valence-corrected chi connectivity index (χ0v) is 46.8. The van der Waals surface area contributed by atoms with E-state index in [9.17, 15) is 38.4 Å². The summed E-state index contributed by atoms with van der Waals surface area (Å²) in [5, 5.41) is 11.3. The van der Waals surface area contributed by atoms with Crippen LogP contribution in [-0.4, -0.2) is 118 Å². The lowest BCUT2D eigenvalue weighted by Crippen LogP contribution is -2.54. The molecule has 3 aliphatic heterocycles. The maximum Gasteiger partial charge on any atom is 0.293 e. The Hall–Kier alpha value is -7.99. The Bertz CT molecular complexity index is 3230. The number of nitrogens with one attached hydrogen (secondary N) is 4. The van der Waals surface area contributed by atoms with Crippen molar-refractivity contribution in [2.45, 2.75) is 105 Å². The quantitative estimate of drug-likeness (QED) is 0.0578. The summed E-state index contributed by atoms with van der Waals surface area (Å²) in [6.07, 6.45) is 5.31. The van der Waals surface area contributed by atoms with E-state index < -0.39 is 29.7 Å². The molecule has 7 amide bonds. The molecular weight excluding hydrogens is 1000 g/mol. The number of carbonyl (C=O) groups excluding carboxylic acids is 7. The fourth-order valence-electron chi connectivity index (χ4n) is 10.8. The van der Waals surface area contributed by atoms with Gasteiger partial charge in [-0.1, -0.05) is 85.2 Å². The van der Waals surface area contributed by atoms with E-state index in [0.717, 1.165) is 66.9 Å². The van der Waals surface area contributed by atoms with Gasteiger partial charge < -0.3 is 30.2 Å². The molecule has 2 saturated heterocycles. The highest BCUT2D eigenvalue weighted by atomic mass is 16.5. The molecule has 2 atom stereocenters. The maximum absolute atomic E-state index is 13.7. The molecule has 8 rings (SSSR count). The third kappa shape index (κ3) is 13.3. The number of nitrogens with zero attached hydrogens (tertiary/aromatic N) is 5. The lowest BCUT2D eigenvalue weighted by molar-refractivity contribution is -0.136. The third-order valence-corrected chi connectivity index (χ3v) is 15.7. The largest absolute Gasteiger partial charge is 0.483 e. The SMILES string of the molecule is CCC(C)(CCN1CCN(C(=O)c2ccc(Nc3nc(-c4cccc(NC(=O)c5ccc(C(C)(C)C)cc5)c4C)cn(C)c3=O)cc2)CC1)CC(C)(C)CCNC(=O)COc1cccc2c1C(=O)N(C1CCC(=O)NC1=O)C2=O. The molecule has 4 aromatic carbocycles. The second-order valence-corrected chi connectivity index (χ2v) is 23.3. The van der Waals surface area contributed by atoms with E-state index in [4.69, 9.17) is 9.72 Å². The highest BCUT2D eigenvalue weighted by Crippen LogP contribution is 2.41. The summed E-state index contributed by atoms with van der Waals surface area (Å²) in [5.41, 5.74) is 5.21. The number of hydrogen-bond donors (Lipinski definition) is 4. The fourth-order valence-corrected chi connectivity index (χ4v) is 10.8. The second kappa shape index (κ2) is 23.5. The molecule has 79 heavy (non-hydrogen) atoms. The second-order valence-electron chi connectivity index (χ2n) is 23.3. The van der Waals surface area contributed by atoms with Crippen LogP contribution in [0.5, 0.6) is 5.75 Å². The number of amides is 7. The molecule has 4 heterocycles. The van der Waals surface area contributed by atoms with Crippen LogP contribution in [0.25, 0.3) is 11.3 Å². The van der Waals surface area contributed by atoms with Crippen molar-refractivity contribution >= 4 is 58.5 Å². The first-order valence-electron chi connectivity index (χ1n) is 27.2. The third-order valence-electron chi connectivity index (χ3n) is 15.7. The number of imide groups is 2. The molecule has 0 spiro atoms. The van der Waals surface area contributed by atoms with Gasteiger partial charge in [0.1, 0.15) is 11.8 Å². The summed E-state index contributed by atoms with van der Waals surface area (Å²) >= 11 is 0. The monoisotopic (exact) mass is 1080 g/mol. The van der Waals surface area contributed by atoms with E-state index in [1.807, 2.05) is 54.3 Å². The molecule has 1 aromatic heterocycles. The highest BCUT2D eigenvalue weighted by molar-refractivity contribution is 6.24. The van der Waals surface area contributed by atoms with Gasteiger partial charge in [-0.3, -0.25) is 53.5 Å². The van der Waals surface area contributed by atoms with Crippen LogP contribution in [-0.2, 0) is 26.8 Å². The normalized spacial score (nSPS) is 16.7. The minimum atomic E-state index is -1.11. The van der Waals surface area contributed by atoms with Crippen molar-refractivity contribution in [3.8, 4) is 17.0 Å². The van der Waals surface area contributed by atoms with Crippen LogP contribution in [0.4, 0.5) is 17.2 Å². The molecule has 18 nitrogen and oxygen atoms in total. The van der Waals surface area contributed by atoms with Gasteiger partial charge in [-0.05, 0) is 121 Å². The van der Waals surface area contributed by atoms with Gasteiger partial charge >= 0.3 is 0 Å². The van der Waals surface area contributed by atoms with Crippen LogP contribution in [0, 0.1) is 17.8 Å². The van der Waals surface area contributed by atoms with Crippen LogP contribution >= 0.6 is 0 Å². The van der Waals surface area contributed by atoms with Crippen molar-refractivity contribution in [1.82, 2.24) is 34.9 Å². The number of anilines is 3. The predicted octanol–water partition coefficient (Wildman–Crippen LogP) is 8.02. The molecule has 2 fully saturated rings. The van der Waals surface area contributed by atoms with Gasteiger partial charge in [0, 0.05) is 80.5 Å². The molecule has 0 aliphatic carbocycles. The number of rotatable bonds is 19. The van der Waals surface area contributed by atoms with Crippen molar-refractivity contribution in [2.75, 3.05) is 56.5 Å². The van der Waals surface area contributed by atoms with Crippen molar-refractivity contribution in [2.24, 2.45) is 17.9 Å². The molecule has 5 aromatic rings. The minimum absolute atomic E-state index is 0.00745. The Morgan fingerprint density at radius 1 is 0.797 bits per heavy atom. The Morgan fingerprint density at radius 3 is 2.14 bits per heavy atom. The number of piperidine rings is 1. The van der Waals surface area contributed by atoms with Gasteiger partial charge in [0.25, 0.3) is 35.1 Å². The summed E-state index contributed by atoms with van der Waals surface area (Å²) in [6, 6.07) is 23.7. The summed E-state index contributed by atoms with van der Waals surface area (Å²) < 4.78 is 7.25. The van der Waals surface area contributed by atoms with E-state index in [-0.39, 0.29) is 81.7 Å². The van der Waals surface area contributed by atoms with Crippen LogP contribution in [0.2, 0.25) is 0 Å². The van der Waals surface area contributed by atoms with Gasteiger partial charge in [0.05, 0.1) is 16.8 Å². The zero-order chi connectivity index (χ0) is 57.0. The molecule has 4 N–H and O–H groups in total. The topological polar surface area (TPSA) is 221 Å². The summed E-state index contributed by atoms with van der Waals surface area (Å²) in [6.45, 7) is 20.9. The molecular formula is C61H73N9O9. The van der Waals surface area contributed by atoms with Crippen molar-refractivity contribution in [3.63, 3.8) is 0 Å². The van der Waals surface area contributed by atoms with Crippen molar-refractivity contribution < 1.29 is 38.3 Å². The number of aryl methyl sites for hydroxylation is 1. The molecule has 0 radical (unpaired) electrons. The Morgan fingerprint density at radius 2 is 1.47 bits per heavy atom. The average Bonchev–Trinajstić information content (AvgIpc) is 3.81. The van der Waals surface area contributed by atoms with Crippen LogP contribution in [0.1, 0.15) is 140 Å². The van der Waals surface area contributed by atoms with Gasteiger partial charge in [0.2, 0.25) is 11.8 Å². The lowest BCUT2D eigenvalue weighted by Gasteiger charge is -2.40. The summed E-state index contributed by atoms with van der Waals surface area (Å²) in [4.78, 5) is 114. The summed E-state index contributed by atoms with van der Waals surface area (Å²) in [5.74, 6) is -2.98. The van der Waals surface area contributed by atoms with Gasteiger partial charge in [-0.2, -0.15) is 0 Å². The minimum Gasteiger partial charge on any atom is -0.483 e. The fraction of sp³-hybridized carbons (Fsp3) is 0.426. The number of hydrogen-bond acceptors (Lipinski definition) is 12. The average molecular weight is 1080 g/mol. The number of piperazine rings is 1.